The van der Waals surface area contributed by atoms with E-state index in [4.69, 9.17) is 9.47 Å². The summed E-state index contributed by atoms with van der Waals surface area (Å²) in [5.41, 5.74) is 1.37. The zero-order chi connectivity index (χ0) is 19.8. The van der Waals surface area contributed by atoms with Gasteiger partial charge in [-0.15, -0.1) is 0 Å². The van der Waals surface area contributed by atoms with Crippen LogP contribution in [0.4, 0.5) is 0 Å². The number of amides is 2. The highest BCUT2D eigenvalue weighted by Gasteiger charge is 2.25. The monoisotopic (exact) mass is 370 g/mol. The molecule has 2 aromatic carbocycles. The highest BCUT2D eigenvalue weighted by Crippen LogP contribution is 2.22. The van der Waals surface area contributed by atoms with Gasteiger partial charge in [0.2, 0.25) is 5.91 Å². The number of nitrogens with one attached hydrogen (secondary N) is 2. The second kappa shape index (κ2) is 9.62. The van der Waals surface area contributed by atoms with Crippen molar-refractivity contribution in [1.29, 1.82) is 0 Å². The van der Waals surface area contributed by atoms with Crippen LogP contribution in [0.25, 0.3) is 0 Å². The first-order valence-corrected chi connectivity index (χ1v) is 8.80. The average molecular weight is 370 g/mol. The van der Waals surface area contributed by atoms with Gasteiger partial charge in [0.1, 0.15) is 17.5 Å². The minimum atomic E-state index is -0.654. The second-order valence-corrected chi connectivity index (χ2v) is 6.50. The third kappa shape index (κ3) is 5.74. The van der Waals surface area contributed by atoms with Crippen LogP contribution in [0.2, 0.25) is 0 Å². The number of rotatable bonds is 8. The van der Waals surface area contributed by atoms with Gasteiger partial charge in [-0.3, -0.25) is 9.59 Å². The van der Waals surface area contributed by atoms with Gasteiger partial charge < -0.3 is 20.1 Å². The van der Waals surface area contributed by atoms with Crippen LogP contribution in [-0.2, 0) is 11.3 Å². The van der Waals surface area contributed by atoms with E-state index >= 15 is 0 Å². The Hall–Kier alpha value is -3.02. The van der Waals surface area contributed by atoms with Crippen molar-refractivity contribution >= 4 is 11.8 Å². The molecule has 1 unspecified atom stereocenters. The first kappa shape index (κ1) is 20.3. The highest BCUT2D eigenvalue weighted by molar-refractivity contribution is 5.98. The summed E-state index contributed by atoms with van der Waals surface area (Å²) in [6.07, 6.45) is 0. The number of benzene rings is 2. The molecule has 0 spiro atoms. The fraction of sp³-hybridized carbons (Fsp3) is 0.333. The molecule has 0 aliphatic rings. The number of hydrogen-bond acceptors (Lipinski definition) is 4. The first-order chi connectivity index (χ1) is 12.9. The summed E-state index contributed by atoms with van der Waals surface area (Å²) < 4.78 is 10.4. The molecule has 0 aromatic heterocycles. The Bertz CT molecular complexity index is 753. The Morgan fingerprint density at radius 2 is 1.56 bits per heavy atom. The molecule has 2 amide bonds. The van der Waals surface area contributed by atoms with E-state index in [-0.39, 0.29) is 17.7 Å². The van der Waals surface area contributed by atoms with Crippen LogP contribution in [-0.4, -0.2) is 32.1 Å². The molecule has 0 aliphatic heterocycles. The van der Waals surface area contributed by atoms with Crippen molar-refractivity contribution in [2.45, 2.75) is 26.4 Å². The van der Waals surface area contributed by atoms with E-state index in [0.717, 1.165) is 5.56 Å². The zero-order valence-electron chi connectivity index (χ0n) is 16.1. The van der Waals surface area contributed by atoms with E-state index < -0.39 is 6.04 Å². The standard InChI is InChI=1S/C21H26N2O4/c1-14(2)19(21(25)22-13-15-8-6-5-7-9-15)23-20(24)16-10-17(26-3)12-18(11-16)27-4/h5-12,14,19H,13H2,1-4H3,(H,22,25)(H,23,24). The van der Waals surface area contributed by atoms with Gasteiger partial charge >= 0.3 is 0 Å². The molecule has 2 aromatic rings. The van der Waals surface area contributed by atoms with Gasteiger partial charge in [-0.05, 0) is 23.6 Å². The van der Waals surface area contributed by atoms with Gasteiger partial charge in [-0.1, -0.05) is 44.2 Å². The number of carbonyl (C=O) groups is 2. The summed E-state index contributed by atoms with van der Waals surface area (Å²) in [4.78, 5) is 25.3. The Balaban J connectivity index is 2.08. The molecule has 27 heavy (non-hydrogen) atoms. The molecule has 2 N–H and O–H groups in total. The van der Waals surface area contributed by atoms with Gasteiger partial charge in [0.15, 0.2) is 0 Å². The molecule has 2 rings (SSSR count). The first-order valence-electron chi connectivity index (χ1n) is 8.80. The van der Waals surface area contributed by atoms with E-state index in [1.807, 2.05) is 44.2 Å². The normalized spacial score (nSPS) is 11.6. The van der Waals surface area contributed by atoms with E-state index in [1.165, 1.54) is 14.2 Å². The lowest BCUT2D eigenvalue weighted by molar-refractivity contribution is -0.124. The predicted octanol–water partition coefficient (Wildman–Crippen LogP) is 2.77. The summed E-state index contributed by atoms with van der Waals surface area (Å²) >= 11 is 0. The van der Waals surface area contributed by atoms with Gasteiger partial charge in [0, 0.05) is 18.2 Å². The van der Waals surface area contributed by atoms with Gasteiger partial charge in [-0.2, -0.15) is 0 Å². The van der Waals surface area contributed by atoms with Crippen LogP contribution in [0.5, 0.6) is 11.5 Å². The largest absolute Gasteiger partial charge is 0.497 e. The number of carbonyl (C=O) groups excluding carboxylic acids is 2. The topological polar surface area (TPSA) is 76.7 Å². The molecule has 1 atom stereocenters. The molecule has 0 heterocycles. The second-order valence-electron chi connectivity index (χ2n) is 6.50. The Kier molecular flexibility index (Phi) is 7.23. The summed E-state index contributed by atoms with van der Waals surface area (Å²) in [6, 6.07) is 13.9. The van der Waals surface area contributed by atoms with Crippen molar-refractivity contribution < 1.29 is 19.1 Å². The van der Waals surface area contributed by atoms with E-state index in [9.17, 15) is 9.59 Å². The predicted molar refractivity (Wildman–Crippen MR) is 104 cm³/mol. The molecule has 0 bridgehead atoms. The van der Waals surface area contributed by atoms with Crippen LogP contribution < -0.4 is 20.1 Å². The maximum atomic E-state index is 12.7. The minimum absolute atomic E-state index is 0.0720. The van der Waals surface area contributed by atoms with Crippen molar-refractivity contribution in [3.05, 3.63) is 59.7 Å². The smallest absolute Gasteiger partial charge is 0.252 e. The number of hydrogen-bond donors (Lipinski definition) is 2. The van der Waals surface area contributed by atoms with E-state index in [0.29, 0.717) is 23.6 Å². The SMILES string of the molecule is COc1cc(OC)cc(C(=O)NC(C(=O)NCc2ccccc2)C(C)C)c1. The molecule has 0 saturated carbocycles. The molecule has 0 fully saturated rings. The van der Waals surface area contributed by atoms with Crippen LogP contribution in [0, 0.1) is 5.92 Å². The Morgan fingerprint density at radius 1 is 0.963 bits per heavy atom. The Labute approximate surface area is 159 Å². The van der Waals surface area contributed by atoms with Crippen LogP contribution in [0.1, 0.15) is 29.8 Å². The fourth-order valence-corrected chi connectivity index (χ4v) is 2.59. The molecule has 0 radical (unpaired) electrons. The van der Waals surface area contributed by atoms with Crippen molar-refractivity contribution in [2.24, 2.45) is 5.92 Å². The Morgan fingerprint density at radius 3 is 2.07 bits per heavy atom. The summed E-state index contributed by atoms with van der Waals surface area (Å²) in [7, 11) is 3.04. The quantitative estimate of drug-likeness (QED) is 0.749. The molecule has 6 heteroatoms. The lowest BCUT2D eigenvalue weighted by Gasteiger charge is -2.22. The maximum absolute atomic E-state index is 12.7. The summed E-state index contributed by atoms with van der Waals surface area (Å²) in [6.45, 7) is 4.18. The third-order valence-electron chi connectivity index (χ3n) is 4.16. The maximum Gasteiger partial charge on any atom is 0.252 e. The van der Waals surface area contributed by atoms with Crippen molar-refractivity contribution in [1.82, 2.24) is 10.6 Å². The lowest BCUT2D eigenvalue weighted by Crippen LogP contribution is -2.49. The molecular weight excluding hydrogens is 344 g/mol. The molecule has 0 saturated heterocycles. The minimum Gasteiger partial charge on any atom is -0.497 e. The fourth-order valence-electron chi connectivity index (χ4n) is 2.59. The van der Waals surface area contributed by atoms with Crippen LogP contribution in [0.3, 0.4) is 0 Å². The molecule has 0 aliphatic carbocycles. The zero-order valence-corrected chi connectivity index (χ0v) is 16.1. The van der Waals surface area contributed by atoms with Crippen LogP contribution >= 0.6 is 0 Å². The van der Waals surface area contributed by atoms with Crippen molar-refractivity contribution in [2.75, 3.05) is 14.2 Å². The summed E-state index contributed by atoms with van der Waals surface area (Å²) in [5.74, 6) is 0.360. The third-order valence-corrected chi connectivity index (χ3v) is 4.16. The molecule has 6 nitrogen and oxygen atoms in total. The van der Waals surface area contributed by atoms with E-state index in [2.05, 4.69) is 10.6 Å². The van der Waals surface area contributed by atoms with Crippen LogP contribution in [0.15, 0.2) is 48.5 Å². The average Bonchev–Trinajstić information content (AvgIpc) is 2.70. The highest BCUT2D eigenvalue weighted by atomic mass is 16.5. The number of methoxy groups -OCH3 is 2. The lowest BCUT2D eigenvalue weighted by atomic mass is 10.0. The number of ether oxygens (including phenoxy) is 2. The van der Waals surface area contributed by atoms with Crippen molar-refractivity contribution in [3.8, 4) is 11.5 Å². The van der Waals surface area contributed by atoms with E-state index in [1.54, 1.807) is 18.2 Å². The summed E-state index contributed by atoms with van der Waals surface area (Å²) in [5, 5.41) is 5.69. The molecule has 144 valence electrons. The van der Waals surface area contributed by atoms with Gasteiger partial charge in [0.05, 0.1) is 14.2 Å². The van der Waals surface area contributed by atoms with Gasteiger partial charge in [0.25, 0.3) is 5.91 Å². The van der Waals surface area contributed by atoms with Crippen molar-refractivity contribution in [3.63, 3.8) is 0 Å². The van der Waals surface area contributed by atoms with Gasteiger partial charge in [-0.25, -0.2) is 0 Å². The molecular formula is C21H26N2O4.